The zero-order valence-electron chi connectivity index (χ0n) is 17.1. The van der Waals surface area contributed by atoms with E-state index in [4.69, 9.17) is 18.9 Å². The molecule has 0 radical (unpaired) electrons. The van der Waals surface area contributed by atoms with Crippen molar-refractivity contribution in [3.8, 4) is 0 Å². The Balaban J connectivity index is 2.90. The number of cyclic esters (lactones) is 2. The predicted octanol–water partition coefficient (Wildman–Crippen LogP) is 3.32. The van der Waals surface area contributed by atoms with Gasteiger partial charge in [-0.3, -0.25) is 9.59 Å². The molecular formula is C20H36O7. The molecule has 1 heterocycles. The minimum Gasteiger partial charge on any atom is -0.396 e. The first kappa shape index (κ1) is 23.9. The third-order valence-electron chi connectivity index (χ3n) is 5.21. The smallest absolute Gasteiger partial charge is 0.396 e. The molecule has 1 N–H and O–H groups in total. The molecule has 0 amide bonds. The standard InChI is InChI=1S/C20H36O7/c1-4-19(5-2)13-11-9-7-8-10-12-17(21)26-20(23,27-18(19)22)16-25-15-14-24-6-3/h23H,4-16H2,1-3H3. The van der Waals surface area contributed by atoms with Gasteiger partial charge in [0.15, 0.2) is 6.61 Å². The summed E-state index contributed by atoms with van der Waals surface area (Å²) >= 11 is 0. The average molecular weight is 389 g/mol. The first-order chi connectivity index (χ1) is 12.9. The summed E-state index contributed by atoms with van der Waals surface area (Å²) in [6, 6.07) is 0. The molecule has 1 unspecified atom stereocenters. The summed E-state index contributed by atoms with van der Waals surface area (Å²) in [5, 5.41) is 10.7. The van der Waals surface area contributed by atoms with E-state index in [2.05, 4.69) is 0 Å². The van der Waals surface area contributed by atoms with E-state index in [1.54, 1.807) is 0 Å². The van der Waals surface area contributed by atoms with Crippen molar-refractivity contribution in [1.82, 2.24) is 0 Å². The molecule has 7 heteroatoms. The molecule has 158 valence electrons. The molecule has 0 aromatic carbocycles. The predicted molar refractivity (Wildman–Crippen MR) is 99.8 cm³/mol. The fourth-order valence-corrected chi connectivity index (χ4v) is 3.28. The Morgan fingerprint density at radius 2 is 1.56 bits per heavy atom. The van der Waals surface area contributed by atoms with Crippen LogP contribution in [0.4, 0.5) is 0 Å². The second kappa shape index (κ2) is 12.3. The average Bonchev–Trinajstić information content (AvgIpc) is 2.64. The van der Waals surface area contributed by atoms with E-state index in [1.165, 1.54) is 0 Å². The number of carbonyl (C=O) groups is 2. The number of carbonyl (C=O) groups excluding carboxylic acids is 2. The highest BCUT2D eigenvalue weighted by Gasteiger charge is 2.44. The molecule has 1 rings (SSSR count). The van der Waals surface area contributed by atoms with Gasteiger partial charge >= 0.3 is 17.9 Å². The van der Waals surface area contributed by atoms with E-state index in [1.807, 2.05) is 20.8 Å². The normalized spacial score (nSPS) is 24.9. The summed E-state index contributed by atoms with van der Waals surface area (Å²) in [5.41, 5.74) is -0.695. The minimum absolute atomic E-state index is 0.172. The Kier molecular flexibility index (Phi) is 10.9. The Morgan fingerprint density at radius 1 is 0.926 bits per heavy atom. The second-order valence-electron chi connectivity index (χ2n) is 7.08. The van der Waals surface area contributed by atoms with Crippen LogP contribution >= 0.6 is 0 Å². The van der Waals surface area contributed by atoms with Gasteiger partial charge in [-0.2, -0.15) is 0 Å². The zero-order valence-corrected chi connectivity index (χ0v) is 17.1. The topological polar surface area (TPSA) is 91.3 Å². The van der Waals surface area contributed by atoms with E-state index in [9.17, 15) is 14.7 Å². The summed E-state index contributed by atoms with van der Waals surface area (Å²) in [6.07, 6.45) is 6.58. The Morgan fingerprint density at radius 3 is 2.22 bits per heavy atom. The summed E-state index contributed by atoms with van der Waals surface area (Å²) in [6.45, 7) is 6.37. The van der Waals surface area contributed by atoms with Crippen molar-refractivity contribution in [3.05, 3.63) is 0 Å². The van der Waals surface area contributed by atoms with Crippen molar-refractivity contribution < 1.29 is 33.6 Å². The number of aliphatic hydroxyl groups is 1. The third-order valence-corrected chi connectivity index (χ3v) is 5.21. The van der Waals surface area contributed by atoms with Gasteiger partial charge in [0.25, 0.3) is 0 Å². The molecule has 1 fully saturated rings. The number of hydrogen-bond donors (Lipinski definition) is 1. The number of esters is 2. The van der Waals surface area contributed by atoms with E-state index in [-0.39, 0.29) is 13.0 Å². The molecule has 0 saturated carbocycles. The van der Waals surface area contributed by atoms with Crippen LogP contribution < -0.4 is 0 Å². The summed E-state index contributed by atoms with van der Waals surface area (Å²) in [7, 11) is 0. The molecule has 1 saturated heterocycles. The molecule has 27 heavy (non-hydrogen) atoms. The van der Waals surface area contributed by atoms with E-state index < -0.39 is 29.9 Å². The van der Waals surface area contributed by atoms with Crippen LogP contribution in [0.5, 0.6) is 0 Å². The lowest BCUT2D eigenvalue weighted by Gasteiger charge is -2.34. The van der Waals surface area contributed by atoms with E-state index in [0.717, 1.165) is 25.7 Å². The molecule has 1 aliphatic heterocycles. The maximum Gasteiger partial charge on any atom is 0.398 e. The summed E-state index contributed by atoms with van der Waals surface area (Å²) in [5.74, 6) is -3.56. The number of hydrogen-bond acceptors (Lipinski definition) is 7. The van der Waals surface area contributed by atoms with Crippen molar-refractivity contribution in [3.63, 3.8) is 0 Å². The fourth-order valence-electron chi connectivity index (χ4n) is 3.28. The lowest BCUT2D eigenvalue weighted by molar-refractivity contribution is -0.345. The van der Waals surface area contributed by atoms with Gasteiger partial charge in [0.2, 0.25) is 0 Å². The number of rotatable bonds is 8. The lowest BCUT2D eigenvalue weighted by atomic mass is 9.77. The fraction of sp³-hybridized carbons (Fsp3) is 0.900. The van der Waals surface area contributed by atoms with Crippen LogP contribution in [0.1, 0.15) is 78.6 Å². The summed E-state index contributed by atoms with van der Waals surface area (Å²) < 4.78 is 21.0. The molecule has 0 spiro atoms. The Bertz CT molecular complexity index is 448. The highest BCUT2D eigenvalue weighted by Crippen LogP contribution is 2.36. The van der Waals surface area contributed by atoms with Gasteiger partial charge in [-0.05, 0) is 32.6 Å². The van der Waals surface area contributed by atoms with Crippen LogP contribution in [0.25, 0.3) is 0 Å². The van der Waals surface area contributed by atoms with Crippen molar-refractivity contribution in [1.29, 1.82) is 0 Å². The van der Waals surface area contributed by atoms with Crippen molar-refractivity contribution >= 4 is 11.9 Å². The van der Waals surface area contributed by atoms with E-state index in [0.29, 0.717) is 38.9 Å². The van der Waals surface area contributed by atoms with Crippen molar-refractivity contribution in [2.24, 2.45) is 5.41 Å². The molecule has 0 aromatic heterocycles. The van der Waals surface area contributed by atoms with Crippen molar-refractivity contribution in [2.45, 2.75) is 84.5 Å². The van der Waals surface area contributed by atoms with E-state index >= 15 is 0 Å². The highest BCUT2D eigenvalue weighted by molar-refractivity contribution is 5.77. The van der Waals surface area contributed by atoms with Crippen molar-refractivity contribution in [2.75, 3.05) is 26.4 Å². The third kappa shape index (κ3) is 8.15. The maximum atomic E-state index is 12.9. The SMILES string of the molecule is CCOCCOCC1(O)OC(=O)CCCCCCCC(CC)(CC)C(=O)O1. The highest BCUT2D eigenvalue weighted by atomic mass is 16.9. The Hall–Kier alpha value is -1.18. The monoisotopic (exact) mass is 388 g/mol. The molecular weight excluding hydrogens is 352 g/mol. The van der Waals surface area contributed by atoms with Crippen LogP contribution in [-0.2, 0) is 28.5 Å². The minimum atomic E-state index is -2.41. The van der Waals surface area contributed by atoms with Gasteiger partial charge in [-0.25, -0.2) is 0 Å². The largest absolute Gasteiger partial charge is 0.398 e. The van der Waals surface area contributed by atoms with Crippen LogP contribution in [-0.4, -0.2) is 49.4 Å². The van der Waals surface area contributed by atoms with Crippen LogP contribution in [0.3, 0.4) is 0 Å². The van der Waals surface area contributed by atoms with Gasteiger partial charge in [0, 0.05) is 13.0 Å². The molecule has 1 aliphatic rings. The first-order valence-corrected chi connectivity index (χ1v) is 10.2. The van der Waals surface area contributed by atoms with Crippen LogP contribution in [0.15, 0.2) is 0 Å². The molecule has 0 aromatic rings. The van der Waals surface area contributed by atoms with Gasteiger partial charge in [0.05, 0.1) is 18.6 Å². The first-order valence-electron chi connectivity index (χ1n) is 10.2. The van der Waals surface area contributed by atoms with Crippen LogP contribution in [0.2, 0.25) is 0 Å². The zero-order chi connectivity index (χ0) is 20.2. The van der Waals surface area contributed by atoms with Gasteiger partial charge in [0.1, 0.15) is 0 Å². The maximum absolute atomic E-state index is 12.9. The quantitative estimate of drug-likeness (QED) is 0.504. The van der Waals surface area contributed by atoms with Crippen LogP contribution in [0, 0.1) is 5.41 Å². The van der Waals surface area contributed by atoms with Gasteiger partial charge < -0.3 is 24.1 Å². The summed E-state index contributed by atoms with van der Waals surface area (Å²) in [4.78, 5) is 25.0. The molecule has 1 atom stereocenters. The molecule has 0 aliphatic carbocycles. The molecule has 0 bridgehead atoms. The van der Waals surface area contributed by atoms with Gasteiger partial charge in [-0.15, -0.1) is 0 Å². The number of ether oxygens (including phenoxy) is 4. The second-order valence-corrected chi connectivity index (χ2v) is 7.08. The van der Waals surface area contributed by atoms with Gasteiger partial charge in [-0.1, -0.05) is 39.5 Å². The lowest BCUT2D eigenvalue weighted by Crippen LogP contribution is -2.48. The molecule has 7 nitrogen and oxygen atoms in total. The Labute approximate surface area is 162 Å².